The van der Waals surface area contributed by atoms with Gasteiger partial charge in [-0.1, -0.05) is 12.1 Å². The van der Waals surface area contributed by atoms with Crippen LogP contribution in [-0.4, -0.2) is 19.2 Å². The fourth-order valence-corrected chi connectivity index (χ4v) is 2.78. The van der Waals surface area contributed by atoms with E-state index in [1.165, 1.54) is 0 Å². The van der Waals surface area contributed by atoms with Crippen LogP contribution in [0.5, 0.6) is 11.5 Å². The minimum atomic E-state index is 0.829. The molecular formula is C17H16N2O2S. The van der Waals surface area contributed by atoms with E-state index >= 15 is 0 Å². The number of hydrogen-bond donors (Lipinski definition) is 1. The van der Waals surface area contributed by atoms with Gasteiger partial charge < -0.3 is 14.8 Å². The molecule has 5 heteroatoms. The van der Waals surface area contributed by atoms with Gasteiger partial charge in [-0.05, 0) is 36.4 Å². The van der Waals surface area contributed by atoms with Gasteiger partial charge in [-0.25, -0.2) is 4.98 Å². The molecule has 1 N–H and O–H groups in total. The number of nitrogens with one attached hydrogen (secondary N) is 1. The van der Waals surface area contributed by atoms with Crippen LogP contribution in [0.25, 0.3) is 11.3 Å². The molecule has 0 saturated carbocycles. The van der Waals surface area contributed by atoms with Crippen LogP contribution in [0.3, 0.4) is 0 Å². The second-order valence-electron chi connectivity index (χ2n) is 4.62. The van der Waals surface area contributed by atoms with Crippen molar-refractivity contribution in [1.29, 1.82) is 0 Å². The molecule has 2 aromatic carbocycles. The normalized spacial score (nSPS) is 10.3. The second-order valence-corrected chi connectivity index (χ2v) is 5.48. The van der Waals surface area contributed by atoms with E-state index in [1.807, 2.05) is 53.9 Å². The molecule has 22 heavy (non-hydrogen) atoms. The molecule has 1 aromatic heterocycles. The Morgan fingerprint density at radius 2 is 1.73 bits per heavy atom. The molecule has 0 aliphatic carbocycles. The van der Waals surface area contributed by atoms with E-state index in [-0.39, 0.29) is 0 Å². The van der Waals surface area contributed by atoms with Crippen molar-refractivity contribution in [3.05, 3.63) is 53.9 Å². The summed E-state index contributed by atoms with van der Waals surface area (Å²) in [5, 5.41) is 6.17. The molecule has 0 saturated heterocycles. The van der Waals surface area contributed by atoms with Gasteiger partial charge in [0.05, 0.1) is 19.9 Å². The number of rotatable bonds is 5. The molecule has 112 valence electrons. The summed E-state index contributed by atoms with van der Waals surface area (Å²) in [6, 6.07) is 15.6. The van der Waals surface area contributed by atoms with E-state index in [1.54, 1.807) is 25.6 Å². The van der Waals surface area contributed by atoms with Crippen molar-refractivity contribution in [1.82, 2.24) is 4.98 Å². The molecule has 3 aromatic rings. The Hall–Kier alpha value is -2.53. The third-order valence-corrected chi connectivity index (χ3v) is 3.97. The summed E-state index contributed by atoms with van der Waals surface area (Å²) in [4.78, 5) is 4.61. The Morgan fingerprint density at radius 1 is 0.955 bits per heavy atom. The first-order chi connectivity index (χ1) is 10.8. The molecule has 0 radical (unpaired) electrons. The minimum absolute atomic E-state index is 0.829. The maximum atomic E-state index is 5.25. The SMILES string of the molecule is COc1ccc(Nc2nc(-c3cccc(OC)c3)cs2)cc1. The molecule has 0 spiro atoms. The monoisotopic (exact) mass is 312 g/mol. The highest BCUT2D eigenvalue weighted by Gasteiger charge is 2.06. The summed E-state index contributed by atoms with van der Waals surface area (Å²) in [5.41, 5.74) is 2.95. The maximum Gasteiger partial charge on any atom is 0.187 e. The Bertz CT molecular complexity index is 753. The van der Waals surface area contributed by atoms with E-state index < -0.39 is 0 Å². The number of benzene rings is 2. The van der Waals surface area contributed by atoms with Crippen LogP contribution < -0.4 is 14.8 Å². The van der Waals surface area contributed by atoms with Crippen LogP contribution >= 0.6 is 11.3 Å². The molecule has 0 bridgehead atoms. The largest absolute Gasteiger partial charge is 0.497 e. The average Bonchev–Trinajstić information content (AvgIpc) is 3.04. The molecular weight excluding hydrogens is 296 g/mol. The van der Waals surface area contributed by atoms with Gasteiger partial charge in [0, 0.05) is 16.6 Å². The zero-order chi connectivity index (χ0) is 15.4. The molecule has 0 fully saturated rings. The molecule has 0 aliphatic rings. The van der Waals surface area contributed by atoms with Crippen LogP contribution in [-0.2, 0) is 0 Å². The molecule has 0 aliphatic heterocycles. The van der Waals surface area contributed by atoms with Gasteiger partial charge >= 0.3 is 0 Å². The molecule has 1 heterocycles. The molecule has 4 nitrogen and oxygen atoms in total. The van der Waals surface area contributed by atoms with Gasteiger partial charge in [0.25, 0.3) is 0 Å². The molecule has 0 unspecified atom stereocenters. The lowest BCUT2D eigenvalue weighted by molar-refractivity contribution is 0.415. The number of ether oxygens (including phenoxy) is 2. The Morgan fingerprint density at radius 3 is 2.45 bits per heavy atom. The van der Waals surface area contributed by atoms with Gasteiger partial charge in [0.1, 0.15) is 11.5 Å². The summed E-state index contributed by atoms with van der Waals surface area (Å²) < 4.78 is 10.4. The van der Waals surface area contributed by atoms with E-state index in [2.05, 4.69) is 10.3 Å². The van der Waals surface area contributed by atoms with Crippen LogP contribution in [0.2, 0.25) is 0 Å². The summed E-state index contributed by atoms with van der Waals surface area (Å²) in [7, 11) is 3.32. The van der Waals surface area contributed by atoms with Crippen LogP contribution in [0.4, 0.5) is 10.8 Å². The highest BCUT2D eigenvalue weighted by atomic mass is 32.1. The zero-order valence-electron chi connectivity index (χ0n) is 12.4. The first-order valence-corrected chi connectivity index (χ1v) is 7.67. The fraction of sp³-hybridized carbons (Fsp3) is 0.118. The maximum absolute atomic E-state index is 5.25. The van der Waals surface area contributed by atoms with Gasteiger partial charge in [-0.3, -0.25) is 0 Å². The molecule has 0 amide bonds. The van der Waals surface area contributed by atoms with E-state index in [0.29, 0.717) is 0 Å². The Kier molecular flexibility index (Phi) is 4.25. The smallest absolute Gasteiger partial charge is 0.187 e. The van der Waals surface area contributed by atoms with Gasteiger partial charge in [-0.15, -0.1) is 11.3 Å². The first kappa shape index (κ1) is 14.4. The van der Waals surface area contributed by atoms with E-state index in [0.717, 1.165) is 33.6 Å². The topological polar surface area (TPSA) is 43.4 Å². The number of nitrogens with zero attached hydrogens (tertiary/aromatic N) is 1. The fourth-order valence-electron chi connectivity index (χ4n) is 2.04. The Balaban J connectivity index is 1.77. The molecule has 3 rings (SSSR count). The number of anilines is 2. The van der Waals surface area contributed by atoms with E-state index in [9.17, 15) is 0 Å². The van der Waals surface area contributed by atoms with E-state index in [4.69, 9.17) is 9.47 Å². The average molecular weight is 312 g/mol. The highest BCUT2D eigenvalue weighted by Crippen LogP contribution is 2.29. The first-order valence-electron chi connectivity index (χ1n) is 6.79. The van der Waals surface area contributed by atoms with Gasteiger partial charge in [0.2, 0.25) is 0 Å². The lowest BCUT2D eigenvalue weighted by Crippen LogP contribution is -1.90. The standard InChI is InChI=1S/C17H16N2O2S/c1-20-14-8-6-13(7-9-14)18-17-19-16(11-22-17)12-4-3-5-15(10-12)21-2/h3-11H,1-2H3,(H,18,19). The van der Waals surface area contributed by atoms with Crippen molar-refractivity contribution in [2.24, 2.45) is 0 Å². The van der Waals surface area contributed by atoms with Crippen LogP contribution in [0.15, 0.2) is 53.9 Å². The third kappa shape index (κ3) is 3.20. The van der Waals surface area contributed by atoms with Gasteiger partial charge in [0.15, 0.2) is 5.13 Å². The predicted molar refractivity (Wildman–Crippen MR) is 90.4 cm³/mol. The number of methoxy groups -OCH3 is 2. The quantitative estimate of drug-likeness (QED) is 0.749. The van der Waals surface area contributed by atoms with Crippen molar-refractivity contribution < 1.29 is 9.47 Å². The predicted octanol–water partition coefficient (Wildman–Crippen LogP) is 4.57. The summed E-state index contributed by atoms with van der Waals surface area (Å²) in [5.74, 6) is 1.66. The number of hydrogen-bond acceptors (Lipinski definition) is 5. The minimum Gasteiger partial charge on any atom is -0.497 e. The third-order valence-electron chi connectivity index (χ3n) is 3.21. The van der Waals surface area contributed by atoms with Crippen LogP contribution in [0.1, 0.15) is 0 Å². The van der Waals surface area contributed by atoms with Crippen molar-refractivity contribution >= 4 is 22.2 Å². The number of thiazole rings is 1. The Labute approximate surface area is 133 Å². The van der Waals surface area contributed by atoms with Crippen molar-refractivity contribution in [2.45, 2.75) is 0 Å². The lowest BCUT2D eigenvalue weighted by atomic mass is 10.2. The highest BCUT2D eigenvalue weighted by molar-refractivity contribution is 7.14. The van der Waals surface area contributed by atoms with Crippen molar-refractivity contribution in [3.63, 3.8) is 0 Å². The summed E-state index contributed by atoms with van der Waals surface area (Å²) in [6.45, 7) is 0. The van der Waals surface area contributed by atoms with Crippen molar-refractivity contribution in [3.8, 4) is 22.8 Å². The van der Waals surface area contributed by atoms with Crippen molar-refractivity contribution in [2.75, 3.05) is 19.5 Å². The molecule has 0 atom stereocenters. The van der Waals surface area contributed by atoms with Crippen LogP contribution in [0, 0.1) is 0 Å². The lowest BCUT2D eigenvalue weighted by Gasteiger charge is -2.04. The summed E-state index contributed by atoms with van der Waals surface area (Å²) in [6.07, 6.45) is 0. The zero-order valence-corrected chi connectivity index (χ0v) is 13.2. The second kappa shape index (κ2) is 6.49. The van der Waals surface area contributed by atoms with Gasteiger partial charge in [-0.2, -0.15) is 0 Å². The summed E-state index contributed by atoms with van der Waals surface area (Å²) >= 11 is 1.57. The number of aromatic nitrogens is 1.